The Morgan fingerprint density at radius 3 is 2.95 bits per heavy atom. The molecule has 1 amide bonds. The molecule has 2 rings (SSSR count). The number of nitrogens with one attached hydrogen (secondary N) is 1. The van der Waals surface area contributed by atoms with Crippen LogP contribution in [0.15, 0.2) is 41.8 Å². The van der Waals surface area contributed by atoms with Crippen LogP contribution in [-0.2, 0) is 4.79 Å². The first-order valence-electron chi connectivity index (χ1n) is 5.96. The normalized spacial score (nSPS) is 11.8. The van der Waals surface area contributed by atoms with Crippen molar-refractivity contribution in [2.24, 2.45) is 0 Å². The second-order valence-corrected chi connectivity index (χ2v) is 5.15. The van der Waals surface area contributed by atoms with Crippen LogP contribution in [0.25, 0.3) is 0 Å². The molecule has 1 aromatic carbocycles. The van der Waals surface area contributed by atoms with Crippen molar-refractivity contribution in [2.75, 3.05) is 12.3 Å². The lowest BCUT2D eigenvalue weighted by Gasteiger charge is -2.12. The predicted molar refractivity (Wildman–Crippen MR) is 77.2 cm³/mol. The van der Waals surface area contributed by atoms with Crippen molar-refractivity contribution in [1.29, 1.82) is 0 Å². The van der Waals surface area contributed by atoms with Crippen molar-refractivity contribution in [3.05, 3.63) is 46.7 Å². The van der Waals surface area contributed by atoms with Gasteiger partial charge in [-0.1, -0.05) is 12.1 Å². The minimum atomic E-state index is -0.150. The van der Waals surface area contributed by atoms with Crippen molar-refractivity contribution < 1.29 is 9.53 Å². The van der Waals surface area contributed by atoms with Gasteiger partial charge in [0.05, 0.1) is 6.04 Å². The van der Waals surface area contributed by atoms with Crippen LogP contribution in [0.2, 0.25) is 0 Å². The predicted octanol–water partition coefficient (Wildman–Crippen LogP) is 2.59. The molecule has 0 saturated carbocycles. The van der Waals surface area contributed by atoms with E-state index in [1.54, 1.807) is 35.6 Å². The summed E-state index contributed by atoms with van der Waals surface area (Å²) in [4.78, 5) is 12.9. The molecule has 1 aromatic heterocycles. The number of amides is 1. The third kappa shape index (κ3) is 3.99. The van der Waals surface area contributed by atoms with Crippen LogP contribution in [-0.4, -0.2) is 12.5 Å². The molecule has 4 nitrogen and oxygen atoms in total. The summed E-state index contributed by atoms with van der Waals surface area (Å²) < 4.78 is 5.38. The average Bonchev–Trinajstić information content (AvgIpc) is 2.90. The standard InChI is InChI=1S/C14H16N2O2S/c1-10(13-6-3-7-19-13)16-14(17)9-18-12-5-2-4-11(15)8-12/h2-8,10H,9,15H2,1H3,(H,16,17). The van der Waals surface area contributed by atoms with Crippen LogP contribution in [0.1, 0.15) is 17.8 Å². The highest BCUT2D eigenvalue weighted by atomic mass is 32.1. The molecule has 5 heteroatoms. The third-order valence-corrected chi connectivity index (χ3v) is 3.63. The van der Waals surface area contributed by atoms with Crippen molar-refractivity contribution in [1.82, 2.24) is 5.32 Å². The number of hydrogen-bond acceptors (Lipinski definition) is 4. The first kappa shape index (κ1) is 13.4. The van der Waals surface area contributed by atoms with Crippen LogP contribution in [0, 0.1) is 0 Å². The molecule has 0 saturated heterocycles. The number of rotatable bonds is 5. The van der Waals surface area contributed by atoms with Gasteiger partial charge in [0, 0.05) is 16.6 Å². The van der Waals surface area contributed by atoms with E-state index in [-0.39, 0.29) is 18.6 Å². The van der Waals surface area contributed by atoms with Crippen LogP contribution in [0.5, 0.6) is 5.75 Å². The summed E-state index contributed by atoms with van der Waals surface area (Å²) in [5.74, 6) is 0.447. The highest BCUT2D eigenvalue weighted by Gasteiger charge is 2.10. The number of benzene rings is 1. The molecule has 1 unspecified atom stereocenters. The van der Waals surface area contributed by atoms with E-state index in [1.165, 1.54) is 0 Å². The molecule has 0 aliphatic rings. The molecular weight excluding hydrogens is 260 g/mol. The lowest BCUT2D eigenvalue weighted by atomic mass is 10.3. The molecule has 0 fully saturated rings. The lowest BCUT2D eigenvalue weighted by molar-refractivity contribution is -0.123. The fraction of sp³-hybridized carbons (Fsp3) is 0.214. The Hall–Kier alpha value is -2.01. The van der Waals surface area contributed by atoms with E-state index in [9.17, 15) is 4.79 Å². The Morgan fingerprint density at radius 2 is 2.26 bits per heavy atom. The molecule has 0 radical (unpaired) electrons. The summed E-state index contributed by atoms with van der Waals surface area (Å²) in [5, 5.41) is 4.87. The maximum absolute atomic E-state index is 11.7. The highest BCUT2D eigenvalue weighted by Crippen LogP contribution is 2.18. The highest BCUT2D eigenvalue weighted by molar-refractivity contribution is 7.10. The van der Waals surface area contributed by atoms with Gasteiger partial charge < -0.3 is 15.8 Å². The molecular formula is C14H16N2O2S. The van der Waals surface area contributed by atoms with E-state index in [2.05, 4.69) is 5.32 Å². The summed E-state index contributed by atoms with van der Waals surface area (Å²) in [5.41, 5.74) is 6.25. The van der Waals surface area contributed by atoms with E-state index < -0.39 is 0 Å². The van der Waals surface area contributed by atoms with Crippen LogP contribution in [0.3, 0.4) is 0 Å². The smallest absolute Gasteiger partial charge is 0.258 e. The first-order chi connectivity index (χ1) is 9.15. The van der Waals surface area contributed by atoms with Gasteiger partial charge in [0.2, 0.25) is 0 Å². The van der Waals surface area contributed by atoms with Gasteiger partial charge in [0.15, 0.2) is 6.61 Å². The van der Waals surface area contributed by atoms with Gasteiger partial charge in [-0.15, -0.1) is 11.3 Å². The third-order valence-electron chi connectivity index (χ3n) is 2.58. The molecule has 0 aliphatic heterocycles. The van der Waals surface area contributed by atoms with Gasteiger partial charge in [0.25, 0.3) is 5.91 Å². The number of carbonyl (C=O) groups is 1. The first-order valence-corrected chi connectivity index (χ1v) is 6.84. The summed E-state index contributed by atoms with van der Waals surface area (Å²) >= 11 is 1.62. The summed E-state index contributed by atoms with van der Waals surface area (Å²) in [6.45, 7) is 1.93. The van der Waals surface area contributed by atoms with Crippen LogP contribution >= 0.6 is 11.3 Å². The van der Waals surface area contributed by atoms with Crippen LogP contribution in [0.4, 0.5) is 5.69 Å². The quantitative estimate of drug-likeness (QED) is 0.825. The van der Waals surface area contributed by atoms with Gasteiger partial charge in [0.1, 0.15) is 5.75 Å². The minimum absolute atomic E-state index is 0.00283. The number of thiophene rings is 1. The number of nitrogen functional groups attached to an aromatic ring is 1. The summed E-state index contributed by atoms with van der Waals surface area (Å²) in [6, 6.07) is 11.0. The minimum Gasteiger partial charge on any atom is -0.484 e. The molecule has 1 atom stereocenters. The largest absolute Gasteiger partial charge is 0.484 e. The van der Waals surface area contributed by atoms with Crippen LogP contribution < -0.4 is 15.8 Å². The Bertz CT molecular complexity index is 540. The molecule has 2 aromatic rings. The van der Waals surface area contributed by atoms with Crippen molar-refractivity contribution in [3.63, 3.8) is 0 Å². The fourth-order valence-electron chi connectivity index (χ4n) is 1.65. The summed E-state index contributed by atoms with van der Waals surface area (Å²) in [6.07, 6.45) is 0. The zero-order chi connectivity index (χ0) is 13.7. The average molecular weight is 276 g/mol. The lowest BCUT2D eigenvalue weighted by Crippen LogP contribution is -2.30. The van der Waals surface area contributed by atoms with Gasteiger partial charge >= 0.3 is 0 Å². The second kappa shape index (κ2) is 6.24. The van der Waals surface area contributed by atoms with E-state index in [0.717, 1.165) is 4.88 Å². The van der Waals surface area contributed by atoms with E-state index in [0.29, 0.717) is 11.4 Å². The van der Waals surface area contributed by atoms with E-state index in [4.69, 9.17) is 10.5 Å². The molecule has 100 valence electrons. The maximum atomic E-state index is 11.7. The van der Waals surface area contributed by atoms with E-state index in [1.807, 2.05) is 24.4 Å². The van der Waals surface area contributed by atoms with Gasteiger partial charge in [-0.3, -0.25) is 4.79 Å². The van der Waals surface area contributed by atoms with Crippen molar-refractivity contribution >= 4 is 22.9 Å². The molecule has 1 heterocycles. The van der Waals surface area contributed by atoms with Gasteiger partial charge in [-0.25, -0.2) is 0 Å². The number of ether oxygens (including phenoxy) is 1. The fourth-order valence-corrected chi connectivity index (χ4v) is 2.38. The number of anilines is 1. The molecule has 0 aliphatic carbocycles. The molecule has 3 N–H and O–H groups in total. The monoisotopic (exact) mass is 276 g/mol. The molecule has 0 bridgehead atoms. The number of nitrogens with two attached hydrogens (primary N) is 1. The van der Waals surface area contributed by atoms with Crippen molar-refractivity contribution in [2.45, 2.75) is 13.0 Å². The second-order valence-electron chi connectivity index (χ2n) is 4.17. The maximum Gasteiger partial charge on any atom is 0.258 e. The van der Waals surface area contributed by atoms with E-state index >= 15 is 0 Å². The zero-order valence-corrected chi connectivity index (χ0v) is 11.4. The SMILES string of the molecule is CC(NC(=O)COc1cccc(N)c1)c1cccs1. The molecule has 0 spiro atoms. The molecule has 19 heavy (non-hydrogen) atoms. The Balaban J connectivity index is 1.82. The number of carbonyl (C=O) groups excluding carboxylic acids is 1. The number of hydrogen-bond donors (Lipinski definition) is 2. The Labute approximate surface area is 116 Å². The Kier molecular flexibility index (Phi) is 4.41. The summed E-state index contributed by atoms with van der Waals surface area (Å²) in [7, 11) is 0. The topological polar surface area (TPSA) is 64.3 Å². The van der Waals surface area contributed by atoms with Crippen molar-refractivity contribution in [3.8, 4) is 5.75 Å². The van der Waals surface area contributed by atoms with Gasteiger partial charge in [-0.05, 0) is 30.5 Å². The Morgan fingerprint density at radius 1 is 1.42 bits per heavy atom. The zero-order valence-electron chi connectivity index (χ0n) is 10.6. The van der Waals surface area contributed by atoms with Gasteiger partial charge in [-0.2, -0.15) is 0 Å².